The molecule has 0 bridgehead atoms. The van der Waals surface area contributed by atoms with Gasteiger partial charge in [-0.25, -0.2) is 0 Å². The summed E-state index contributed by atoms with van der Waals surface area (Å²) in [5, 5.41) is 3.18. The molecule has 1 fully saturated rings. The lowest BCUT2D eigenvalue weighted by Crippen LogP contribution is -2.30. The third-order valence-electron chi connectivity index (χ3n) is 3.58. The van der Waals surface area contributed by atoms with Crippen LogP contribution in [0, 0.1) is 5.92 Å². The summed E-state index contributed by atoms with van der Waals surface area (Å²) in [7, 11) is 3.63. The highest BCUT2D eigenvalue weighted by Crippen LogP contribution is 2.18. The Hall–Kier alpha value is -1.39. The van der Waals surface area contributed by atoms with E-state index >= 15 is 0 Å². The number of ether oxygens (including phenoxy) is 1. The Kier molecular flexibility index (Phi) is 4.93. The van der Waals surface area contributed by atoms with Crippen LogP contribution in [0.25, 0.3) is 0 Å². The van der Waals surface area contributed by atoms with Crippen LogP contribution in [-0.4, -0.2) is 44.6 Å². The Morgan fingerprint density at radius 3 is 2.79 bits per heavy atom. The maximum atomic E-state index is 12.3. The van der Waals surface area contributed by atoms with Crippen molar-refractivity contribution in [2.75, 3.05) is 33.8 Å². The van der Waals surface area contributed by atoms with Gasteiger partial charge in [0.2, 0.25) is 0 Å². The molecule has 2 rings (SSSR count). The second-order valence-corrected chi connectivity index (χ2v) is 5.09. The molecule has 1 aliphatic rings. The number of nitrogens with one attached hydrogen (secondary N) is 1. The Bertz CT molecular complexity index is 417. The number of hydrogen-bond donors (Lipinski definition) is 1. The number of rotatable bonds is 5. The van der Waals surface area contributed by atoms with Gasteiger partial charge in [0, 0.05) is 25.8 Å². The van der Waals surface area contributed by atoms with E-state index < -0.39 is 0 Å². The predicted molar refractivity (Wildman–Crippen MR) is 75.1 cm³/mol. The molecular weight excluding hydrogens is 240 g/mol. The van der Waals surface area contributed by atoms with Crippen LogP contribution in [-0.2, 0) is 11.3 Å². The van der Waals surface area contributed by atoms with Crippen molar-refractivity contribution in [3.05, 3.63) is 35.4 Å². The maximum Gasteiger partial charge on any atom is 0.253 e. The SMILES string of the molecule is CNC[C@H]1CCN(C(=O)c2ccc(COC)cc2)C1. The molecule has 104 valence electrons. The highest BCUT2D eigenvalue weighted by atomic mass is 16.5. The molecule has 19 heavy (non-hydrogen) atoms. The van der Waals surface area contributed by atoms with E-state index in [1.165, 1.54) is 0 Å². The molecule has 4 nitrogen and oxygen atoms in total. The van der Waals surface area contributed by atoms with Gasteiger partial charge in [-0.3, -0.25) is 4.79 Å². The number of hydrogen-bond acceptors (Lipinski definition) is 3. The third-order valence-corrected chi connectivity index (χ3v) is 3.58. The molecule has 0 saturated carbocycles. The Morgan fingerprint density at radius 1 is 1.42 bits per heavy atom. The van der Waals surface area contributed by atoms with Crippen molar-refractivity contribution in [1.29, 1.82) is 0 Å². The quantitative estimate of drug-likeness (QED) is 0.874. The van der Waals surface area contributed by atoms with Gasteiger partial charge in [-0.1, -0.05) is 12.1 Å². The van der Waals surface area contributed by atoms with Crippen molar-refractivity contribution < 1.29 is 9.53 Å². The number of benzene rings is 1. The Labute approximate surface area is 114 Å². The van der Waals surface area contributed by atoms with Crippen LogP contribution in [0.3, 0.4) is 0 Å². The molecule has 1 atom stereocenters. The van der Waals surface area contributed by atoms with E-state index in [0.29, 0.717) is 12.5 Å². The fourth-order valence-corrected chi connectivity index (χ4v) is 2.57. The van der Waals surface area contributed by atoms with Crippen LogP contribution in [0.15, 0.2) is 24.3 Å². The molecule has 1 aliphatic heterocycles. The summed E-state index contributed by atoms with van der Waals surface area (Å²) < 4.78 is 5.07. The van der Waals surface area contributed by atoms with Crippen LogP contribution >= 0.6 is 0 Å². The molecule has 0 unspecified atom stereocenters. The first-order valence-corrected chi connectivity index (χ1v) is 6.76. The minimum Gasteiger partial charge on any atom is -0.380 e. The second-order valence-electron chi connectivity index (χ2n) is 5.09. The molecule has 0 aromatic heterocycles. The van der Waals surface area contributed by atoms with E-state index in [4.69, 9.17) is 4.74 Å². The molecule has 1 aromatic carbocycles. The van der Waals surface area contributed by atoms with Crippen molar-refractivity contribution in [2.24, 2.45) is 5.92 Å². The van der Waals surface area contributed by atoms with Crippen molar-refractivity contribution in [1.82, 2.24) is 10.2 Å². The molecule has 1 N–H and O–H groups in total. The number of nitrogens with zero attached hydrogens (tertiary/aromatic N) is 1. The van der Waals surface area contributed by atoms with Crippen molar-refractivity contribution in [2.45, 2.75) is 13.0 Å². The lowest BCUT2D eigenvalue weighted by molar-refractivity contribution is 0.0787. The number of likely N-dealkylation sites (tertiary alicyclic amines) is 1. The summed E-state index contributed by atoms with van der Waals surface area (Å²) in [5.41, 5.74) is 1.86. The second kappa shape index (κ2) is 6.68. The van der Waals surface area contributed by atoms with Crippen molar-refractivity contribution >= 4 is 5.91 Å². The Balaban J connectivity index is 1.96. The van der Waals surface area contributed by atoms with Gasteiger partial charge in [-0.15, -0.1) is 0 Å². The summed E-state index contributed by atoms with van der Waals surface area (Å²) in [5.74, 6) is 0.726. The molecule has 4 heteroatoms. The first-order valence-electron chi connectivity index (χ1n) is 6.76. The van der Waals surface area contributed by atoms with Crippen molar-refractivity contribution in [3.63, 3.8) is 0 Å². The monoisotopic (exact) mass is 262 g/mol. The number of amides is 1. The van der Waals surface area contributed by atoms with E-state index in [0.717, 1.165) is 37.2 Å². The fourth-order valence-electron chi connectivity index (χ4n) is 2.57. The summed E-state index contributed by atoms with van der Waals surface area (Å²) in [6.45, 7) is 3.30. The first-order chi connectivity index (χ1) is 9.24. The highest BCUT2D eigenvalue weighted by molar-refractivity contribution is 5.94. The van der Waals surface area contributed by atoms with Gasteiger partial charge in [0.05, 0.1) is 6.61 Å². The van der Waals surface area contributed by atoms with Gasteiger partial charge < -0.3 is 15.0 Å². The van der Waals surface area contributed by atoms with Gasteiger partial charge in [0.1, 0.15) is 0 Å². The Morgan fingerprint density at radius 2 is 2.16 bits per heavy atom. The molecule has 1 aromatic rings. The van der Waals surface area contributed by atoms with Crippen LogP contribution in [0.1, 0.15) is 22.3 Å². The number of carbonyl (C=O) groups excluding carboxylic acids is 1. The largest absolute Gasteiger partial charge is 0.380 e. The standard InChI is InChI=1S/C15H22N2O2/c1-16-9-13-7-8-17(10-13)15(18)14-5-3-12(4-6-14)11-19-2/h3-6,13,16H,7-11H2,1-2H3/t13-/m1/s1. The molecule has 0 radical (unpaired) electrons. The molecule has 0 aliphatic carbocycles. The van der Waals surface area contributed by atoms with Crippen LogP contribution < -0.4 is 5.32 Å². The summed E-state index contributed by atoms with van der Waals surface area (Å²) in [6.07, 6.45) is 1.09. The van der Waals surface area contributed by atoms with Gasteiger partial charge in [0.15, 0.2) is 0 Å². The van der Waals surface area contributed by atoms with E-state index in [1.807, 2.05) is 36.2 Å². The summed E-state index contributed by atoms with van der Waals surface area (Å²) in [4.78, 5) is 14.3. The van der Waals surface area contributed by atoms with Gasteiger partial charge in [-0.2, -0.15) is 0 Å². The van der Waals surface area contributed by atoms with Crippen LogP contribution in [0.4, 0.5) is 0 Å². The average molecular weight is 262 g/mol. The highest BCUT2D eigenvalue weighted by Gasteiger charge is 2.26. The average Bonchev–Trinajstić information content (AvgIpc) is 2.88. The normalized spacial score (nSPS) is 18.8. The molecule has 1 amide bonds. The van der Waals surface area contributed by atoms with Gasteiger partial charge in [-0.05, 0) is 43.6 Å². The lowest BCUT2D eigenvalue weighted by Gasteiger charge is -2.16. The number of methoxy groups -OCH3 is 1. The number of carbonyl (C=O) groups is 1. The summed E-state index contributed by atoms with van der Waals surface area (Å²) in [6, 6.07) is 7.69. The first kappa shape index (κ1) is 14.0. The maximum absolute atomic E-state index is 12.3. The molecule has 1 saturated heterocycles. The zero-order chi connectivity index (χ0) is 13.7. The minimum absolute atomic E-state index is 0.141. The molecule has 0 spiro atoms. The summed E-state index contributed by atoms with van der Waals surface area (Å²) >= 11 is 0. The zero-order valence-corrected chi connectivity index (χ0v) is 11.7. The third kappa shape index (κ3) is 3.55. The molecule has 1 heterocycles. The topological polar surface area (TPSA) is 41.6 Å². The van der Waals surface area contributed by atoms with E-state index in [-0.39, 0.29) is 5.91 Å². The minimum atomic E-state index is 0.141. The predicted octanol–water partition coefficient (Wildman–Crippen LogP) is 1.51. The van der Waals surface area contributed by atoms with E-state index in [2.05, 4.69) is 5.32 Å². The van der Waals surface area contributed by atoms with Gasteiger partial charge >= 0.3 is 0 Å². The van der Waals surface area contributed by atoms with Crippen LogP contribution in [0.5, 0.6) is 0 Å². The van der Waals surface area contributed by atoms with Crippen LogP contribution in [0.2, 0.25) is 0 Å². The smallest absolute Gasteiger partial charge is 0.253 e. The zero-order valence-electron chi connectivity index (χ0n) is 11.7. The lowest BCUT2D eigenvalue weighted by atomic mass is 10.1. The fraction of sp³-hybridized carbons (Fsp3) is 0.533. The van der Waals surface area contributed by atoms with E-state index in [1.54, 1.807) is 7.11 Å². The van der Waals surface area contributed by atoms with Crippen molar-refractivity contribution in [3.8, 4) is 0 Å². The van der Waals surface area contributed by atoms with Gasteiger partial charge in [0.25, 0.3) is 5.91 Å². The molecular formula is C15H22N2O2. The van der Waals surface area contributed by atoms with E-state index in [9.17, 15) is 4.79 Å².